The number of aryl methyl sites for hydroxylation is 2. The first-order valence-electron chi connectivity index (χ1n) is 11.0. The molecule has 5 nitrogen and oxygen atoms in total. The van der Waals surface area contributed by atoms with Gasteiger partial charge >= 0.3 is 0 Å². The Kier molecular flexibility index (Phi) is 5.94. The Morgan fingerprint density at radius 1 is 0.971 bits per heavy atom. The maximum absolute atomic E-state index is 6.45. The zero-order valence-corrected chi connectivity index (χ0v) is 20.6. The molecule has 1 unspecified atom stereocenters. The van der Waals surface area contributed by atoms with E-state index >= 15 is 0 Å². The molecule has 0 amide bonds. The standard InChI is InChI=1S/C27H23ClN4OS/c1-16-9-12-19(13-10-16)24-23(26-30-25(31-33-26)20-7-5-4-6-8-20)18(3)32(27(34)29-24)21-14-11-17(2)22(28)15-21/h4-15,24H,1-3H3,(H,29,34). The molecule has 1 atom stereocenters. The monoisotopic (exact) mass is 486 g/mol. The number of allylic oxidation sites excluding steroid dienone is 1. The Hall–Kier alpha value is -3.48. The van der Waals surface area contributed by atoms with E-state index in [2.05, 4.69) is 41.7 Å². The van der Waals surface area contributed by atoms with Crippen molar-refractivity contribution in [1.82, 2.24) is 15.5 Å². The number of hydrogen-bond donors (Lipinski definition) is 1. The maximum atomic E-state index is 6.45. The number of rotatable bonds is 4. The number of benzene rings is 3. The fourth-order valence-electron chi connectivity index (χ4n) is 4.10. The molecular weight excluding hydrogens is 464 g/mol. The highest BCUT2D eigenvalue weighted by atomic mass is 35.5. The van der Waals surface area contributed by atoms with Crippen molar-refractivity contribution in [2.45, 2.75) is 26.8 Å². The van der Waals surface area contributed by atoms with E-state index in [0.29, 0.717) is 21.9 Å². The number of halogens is 1. The fourth-order valence-corrected chi connectivity index (χ4v) is 4.63. The highest BCUT2D eigenvalue weighted by molar-refractivity contribution is 7.80. The van der Waals surface area contributed by atoms with Gasteiger partial charge in [-0.1, -0.05) is 83.0 Å². The van der Waals surface area contributed by atoms with Crippen LogP contribution in [0.4, 0.5) is 5.69 Å². The average molecular weight is 487 g/mol. The minimum absolute atomic E-state index is 0.241. The van der Waals surface area contributed by atoms with E-state index in [9.17, 15) is 0 Å². The molecule has 1 aromatic heterocycles. The van der Waals surface area contributed by atoms with Crippen LogP contribution in [-0.2, 0) is 0 Å². The van der Waals surface area contributed by atoms with Crippen LogP contribution in [0.25, 0.3) is 17.0 Å². The molecule has 0 aliphatic carbocycles. The molecule has 0 bridgehead atoms. The SMILES string of the molecule is CC1=C(c2nc(-c3ccccc3)no2)C(c2ccc(C)cc2)NC(=S)N1c1ccc(C)c(Cl)c1. The molecule has 4 aromatic rings. The lowest BCUT2D eigenvalue weighted by molar-refractivity contribution is 0.404. The van der Waals surface area contributed by atoms with Gasteiger partial charge in [0.05, 0.1) is 11.6 Å². The lowest BCUT2D eigenvalue weighted by Gasteiger charge is -2.37. The maximum Gasteiger partial charge on any atom is 0.258 e. The molecule has 2 heterocycles. The summed E-state index contributed by atoms with van der Waals surface area (Å²) in [6, 6.07) is 23.8. The first-order chi connectivity index (χ1) is 16.4. The number of hydrogen-bond acceptors (Lipinski definition) is 4. The summed E-state index contributed by atoms with van der Waals surface area (Å²) < 4.78 is 5.81. The third-order valence-electron chi connectivity index (χ3n) is 6.00. The minimum Gasteiger partial charge on any atom is -0.351 e. The van der Waals surface area contributed by atoms with Crippen molar-refractivity contribution in [3.8, 4) is 11.4 Å². The topological polar surface area (TPSA) is 54.2 Å². The van der Waals surface area contributed by atoms with E-state index < -0.39 is 0 Å². The Bertz CT molecular complexity index is 1400. The van der Waals surface area contributed by atoms with Gasteiger partial charge in [0.25, 0.3) is 5.89 Å². The molecule has 3 aromatic carbocycles. The Labute approximate surface area is 209 Å². The first-order valence-corrected chi connectivity index (χ1v) is 11.7. The minimum atomic E-state index is -0.241. The first kappa shape index (κ1) is 22.3. The summed E-state index contributed by atoms with van der Waals surface area (Å²) in [6.07, 6.45) is 0. The van der Waals surface area contributed by atoms with Crippen LogP contribution >= 0.6 is 23.8 Å². The van der Waals surface area contributed by atoms with Crippen molar-refractivity contribution >= 4 is 40.2 Å². The van der Waals surface area contributed by atoms with Crippen molar-refractivity contribution in [2.24, 2.45) is 0 Å². The molecule has 0 fully saturated rings. The summed E-state index contributed by atoms with van der Waals surface area (Å²) in [6.45, 7) is 6.06. The third-order valence-corrected chi connectivity index (χ3v) is 6.71. The van der Waals surface area contributed by atoms with Crippen molar-refractivity contribution in [3.63, 3.8) is 0 Å². The zero-order valence-electron chi connectivity index (χ0n) is 19.0. The quantitative estimate of drug-likeness (QED) is 0.317. The van der Waals surface area contributed by atoms with E-state index in [0.717, 1.165) is 33.6 Å². The molecule has 5 rings (SSSR count). The second-order valence-electron chi connectivity index (χ2n) is 8.35. The summed E-state index contributed by atoms with van der Waals surface area (Å²) >= 11 is 12.3. The van der Waals surface area contributed by atoms with Crippen LogP contribution in [0.2, 0.25) is 5.02 Å². The van der Waals surface area contributed by atoms with Gasteiger partial charge in [0.15, 0.2) is 5.11 Å². The van der Waals surface area contributed by atoms with Crippen LogP contribution < -0.4 is 10.2 Å². The number of nitrogens with one attached hydrogen (secondary N) is 1. The lowest BCUT2D eigenvalue weighted by Crippen LogP contribution is -2.46. The van der Waals surface area contributed by atoms with Gasteiger partial charge in [-0.3, -0.25) is 4.90 Å². The molecule has 0 saturated heterocycles. The summed E-state index contributed by atoms with van der Waals surface area (Å²) in [7, 11) is 0. The molecule has 1 N–H and O–H groups in total. The van der Waals surface area contributed by atoms with Crippen molar-refractivity contribution in [3.05, 3.63) is 106 Å². The second kappa shape index (κ2) is 9.05. The molecule has 0 radical (unpaired) electrons. The van der Waals surface area contributed by atoms with Gasteiger partial charge in [-0.05, 0) is 56.2 Å². The van der Waals surface area contributed by atoms with E-state index in [1.165, 1.54) is 5.56 Å². The molecule has 0 spiro atoms. The van der Waals surface area contributed by atoms with Crippen LogP contribution in [0.5, 0.6) is 0 Å². The predicted molar refractivity (Wildman–Crippen MR) is 141 cm³/mol. The third kappa shape index (κ3) is 4.11. The highest BCUT2D eigenvalue weighted by Crippen LogP contribution is 2.39. The number of anilines is 1. The number of aromatic nitrogens is 2. The zero-order chi connectivity index (χ0) is 23.8. The van der Waals surface area contributed by atoms with Gasteiger partial charge in [0.1, 0.15) is 0 Å². The largest absolute Gasteiger partial charge is 0.351 e. The second-order valence-corrected chi connectivity index (χ2v) is 9.14. The van der Waals surface area contributed by atoms with Crippen LogP contribution in [0, 0.1) is 13.8 Å². The molecule has 0 saturated carbocycles. The van der Waals surface area contributed by atoms with Gasteiger partial charge in [0.2, 0.25) is 5.82 Å². The van der Waals surface area contributed by atoms with Crippen molar-refractivity contribution in [2.75, 3.05) is 4.90 Å². The van der Waals surface area contributed by atoms with Crippen LogP contribution in [-0.4, -0.2) is 15.3 Å². The summed E-state index contributed by atoms with van der Waals surface area (Å²) in [5.74, 6) is 0.983. The number of thiocarbonyl (C=S) groups is 1. The summed E-state index contributed by atoms with van der Waals surface area (Å²) in [4.78, 5) is 6.73. The summed E-state index contributed by atoms with van der Waals surface area (Å²) in [5, 5.41) is 9.01. The fraction of sp³-hybridized carbons (Fsp3) is 0.148. The lowest BCUT2D eigenvalue weighted by atomic mass is 9.94. The van der Waals surface area contributed by atoms with E-state index in [4.69, 9.17) is 33.3 Å². The molecule has 1 aliphatic heterocycles. The Balaban J connectivity index is 1.66. The molecule has 34 heavy (non-hydrogen) atoms. The highest BCUT2D eigenvalue weighted by Gasteiger charge is 2.34. The van der Waals surface area contributed by atoms with Crippen molar-refractivity contribution < 1.29 is 4.52 Å². The van der Waals surface area contributed by atoms with Gasteiger partial charge in [-0.2, -0.15) is 4.98 Å². The molecular formula is C27H23ClN4OS. The predicted octanol–water partition coefficient (Wildman–Crippen LogP) is 6.87. The Morgan fingerprint density at radius 3 is 2.41 bits per heavy atom. The van der Waals surface area contributed by atoms with E-state index in [-0.39, 0.29) is 6.04 Å². The average Bonchev–Trinajstić information content (AvgIpc) is 3.32. The van der Waals surface area contributed by atoms with Crippen LogP contribution in [0.3, 0.4) is 0 Å². The molecule has 7 heteroatoms. The van der Waals surface area contributed by atoms with Gasteiger partial charge in [-0.25, -0.2) is 0 Å². The molecule has 1 aliphatic rings. The van der Waals surface area contributed by atoms with Crippen molar-refractivity contribution in [1.29, 1.82) is 0 Å². The van der Waals surface area contributed by atoms with E-state index in [1.54, 1.807) is 0 Å². The van der Waals surface area contributed by atoms with Gasteiger partial charge in [-0.15, -0.1) is 0 Å². The van der Waals surface area contributed by atoms with Gasteiger partial charge in [0, 0.05) is 22.0 Å². The van der Waals surface area contributed by atoms with E-state index in [1.807, 2.05) is 67.3 Å². The normalized spacial score (nSPS) is 16.1. The number of nitrogens with zero attached hydrogens (tertiary/aromatic N) is 3. The summed E-state index contributed by atoms with van der Waals surface area (Å²) in [5.41, 5.74) is 6.77. The Morgan fingerprint density at radius 2 is 1.71 bits per heavy atom. The van der Waals surface area contributed by atoms with Crippen LogP contribution in [0.15, 0.2) is 83.0 Å². The molecule has 170 valence electrons. The van der Waals surface area contributed by atoms with Gasteiger partial charge < -0.3 is 9.84 Å². The van der Waals surface area contributed by atoms with Crippen LogP contribution in [0.1, 0.15) is 35.5 Å². The smallest absolute Gasteiger partial charge is 0.258 e.